The quantitative estimate of drug-likeness (QED) is 0.418. The van der Waals surface area contributed by atoms with Crippen molar-refractivity contribution < 1.29 is 0 Å². The van der Waals surface area contributed by atoms with Gasteiger partial charge in [0.25, 0.3) is 0 Å². The minimum Gasteiger partial charge on any atom is -0.0921 e. The zero-order valence-corrected chi connectivity index (χ0v) is 12.8. The van der Waals surface area contributed by atoms with Crippen LogP contribution in [0, 0.1) is 6.92 Å². The van der Waals surface area contributed by atoms with Gasteiger partial charge in [-0.2, -0.15) is 0 Å². The van der Waals surface area contributed by atoms with Crippen molar-refractivity contribution in [2.45, 2.75) is 58.3 Å². The molecule has 0 aliphatic rings. The van der Waals surface area contributed by atoms with Crippen molar-refractivity contribution >= 4 is 15.9 Å². The van der Waals surface area contributed by atoms with E-state index in [4.69, 9.17) is 0 Å². The zero-order chi connectivity index (χ0) is 12.5. The summed E-state index contributed by atoms with van der Waals surface area (Å²) in [5.74, 6) is 0.692. The van der Waals surface area contributed by atoms with E-state index >= 15 is 0 Å². The van der Waals surface area contributed by atoms with Crippen molar-refractivity contribution in [1.82, 2.24) is 0 Å². The molecule has 0 aliphatic carbocycles. The number of rotatable bonds is 8. The van der Waals surface area contributed by atoms with Crippen molar-refractivity contribution in [2.75, 3.05) is 5.33 Å². The summed E-state index contributed by atoms with van der Waals surface area (Å²) in [6.45, 7) is 4.50. The van der Waals surface area contributed by atoms with Gasteiger partial charge in [0.1, 0.15) is 0 Å². The second-order valence-corrected chi connectivity index (χ2v) is 5.56. The van der Waals surface area contributed by atoms with Crippen LogP contribution in [0.4, 0.5) is 0 Å². The lowest BCUT2D eigenvalue weighted by atomic mass is 9.91. The van der Waals surface area contributed by atoms with Gasteiger partial charge in [-0.3, -0.25) is 0 Å². The summed E-state index contributed by atoms with van der Waals surface area (Å²) in [7, 11) is 0. The van der Waals surface area contributed by atoms with Crippen LogP contribution >= 0.6 is 15.9 Å². The van der Waals surface area contributed by atoms with Crippen molar-refractivity contribution in [3.8, 4) is 0 Å². The third-order valence-electron chi connectivity index (χ3n) is 3.47. The number of alkyl halides is 1. The highest BCUT2D eigenvalue weighted by Gasteiger charge is 2.11. The Balaban J connectivity index is 2.41. The van der Waals surface area contributed by atoms with Crippen LogP contribution in [-0.4, -0.2) is 5.33 Å². The lowest BCUT2D eigenvalue weighted by Crippen LogP contribution is -2.02. The molecule has 0 saturated carbocycles. The van der Waals surface area contributed by atoms with Crippen LogP contribution in [0.15, 0.2) is 24.3 Å². The van der Waals surface area contributed by atoms with E-state index in [0.29, 0.717) is 5.92 Å². The van der Waals surface area contributed by atoms with E-state index in [0.717, 1.165) is 5.33 Å². The van der Waals surface area contributed by atoms with Crippen LogP contribution in [0.5, 0.6) is 0 Å². The van der Waals surface area contributed by atoms with Gasteiger partial charge in [-0.1, -0.05) is 79.2 Å². The van der Waals surface area contributed by atoms with E-state index in [1.165, 1.54) is 49.7 Å². The average molecular weight is 297 g/mol. The molecular weight excluding hydrogens is 272 g/mol. The number of hydrogen-bond acceptors (Lipinski definition) is 0. The fourth-order valence-corrected chi connectivity index (χ4v) is 3.03. The first-order valence-electron chi connectivity index (χ1n) is 6.91. The molecule has 0 heterocycles. The van der Waals surface area contributed by atoms with Crippen molar-refractivity contribution in [2.24, 2.45) is 0 Å². The maximum Gasteiger partial charge on any atom is 0.0100 e. The Labute approximate surface area is 115 Å². The number of benzene rings is 1. The predicted octanol–water partition coefficient (Wildman–Crippen LogP) is 5.83. The molecular formula is C16H25Br. The van der Waals surface area contributed by atoms with Gasteiger partial charge in [-0.05, 0) is 30.4 Å². The third kappa shape index (κ3) is 5.25. The highest BCUT2D eigenvalue weighted by atomic mass is 79.9. The normalized spacial score (nSPS) is 12.6. The topological polar surface area (TPSA) is 0 Å². The van der Waals surface area contributed by atoms with Crippen LogP contribution in [0.3, 0.4) is 0 Å². The maximum absolute atomic E-state index is 3.67. The average Bonchev–Trinajstić information content (AvgIpc) is 2.35. The van der Waals surface area contributed by atoms with Crippen LogP contribution in [0.1, 0.15) is 62.5 Å². The second-order valence-electron chi connectivity index (χ2n) is 4.91. The SMILES string of the molecule is CCCCCCCC(CBr)c1ccccc1C. The summed E-state index contributed by atoms with van der Waals surface area (Å²) >= 11 is 3.67. The van der Waals surface area contributed by atoms with Crippen LogP contribution in [0.2, 0.25) is 0 Å². The van der Waals surface area contributed by atoms with Crippen molar-refractivity contribution in [1.29, 1.82) is 0 Å². The molecule has 0 N–H and O–H groups in total. The molecule has 0 aliphatic heterocycles. The molecule has 1 rings (SSSR count). The Bertz CT molecular complexity index is 306. The molecule has 1 unspecified atom stereocenters. The zero-order valence-electron chi connectivity index (χ0n) is 11.2. The van der Waals surface area contributed by atoms with Gasteiger partial charge in [0.2, 0.25) is 0 Å². The van der Waals surface area contributed by atoms with Gasteiger partial charge in [-0.15, -0.1) is 0 Å². The third-order valence-corrected chi connectivity index (χ3v) is 4.25. The standard InChI is InChI=1S/C16H25Br/c1-3-4-5-6-7-11-15(13-17)16-12-9-8-10-14(16)2/h8-10,12,15H,3-7,11,13H2,1-2H3. The number of aryl methyl sites for hydroxylation is 1. The Morgan fingerprint density at radius 3 is 2.41 bits per heavy atom. The van der Waals surface area contributed by atoms with E-state index in [-0.39, 0.29) is 0 Å². The monoisotopic (exact) mass is 296 g/mol. The van der Waals surface area contributed by atoms with Crippen LogP contribution in [-0.2, 0) is 0 Å². The molecule has 0 nitrogen and oxygen atoms in total. The fourth-order valence-electron chi connectivity index (χ4n) is 2.35. The van der Waals surface area contributed by atoms with E-state index in [1.807, 2.05) is 0 Å². The lowest BCUT2D eigenvalue weighted by Gasteiger charge is -2.16. The van der Waals surface area contributed by atoms with Crippen LogP contribution in [0.25, 0.3) is 0 Å². The first-order valence-corrected chi connectivity index (χ1v) is 8.03. The molecule has 1 aromatic rings. The Morgan fingerprint density at radius 1 is 1.06 bits per heavy atom. The summed E-state index contributed by atoms with van der Waals surface area (Å²) in [5, 5.41) is 1.09. The second kappa shape index (κ2) is 8.74. The Hall–Kier alpha value is -0.300. The molecule has 0 bridgehead atoms. The minimum atomic E-state index is 0.692. The minimum absolute atomic E-state index is 0.692. The molecule has 0 saturated heterocycles. The largest absolute Gasteiger partial charge is 0.0921 e. The molecule has 0 fully saturated rings. The van der Waals surface area contributed by atoms with E-state index < -0.39 is 0 Å². The molecule has 0 spiro atoms. The smallest absolute Gasteiger partial charge is 0.0100 e. The molecule has 1 aromatic carbocycles. The first-order chi connectivity index (χ1) is 8.29. The molecule has 1 atom stereocenters. The van der Waals surface area contributed by atoms with Gasteiger partial charge < -0.3 is 0 Å². The Kier molecular flexibility index (Phi) is 7.59. The van der Waals surface area contributed by atoms with E-state index in [2.05, 4.69) is 54.0 Å². The van der Waals surface area contributed by atoms with Crippen molar-refractivity contribution in [3.05, 3.63) is 35.4 Å². The highest BCUT2D eigenvalue weighted by Crippen LogP contribution is 2.27. The van der Waals surface area contributed by atoms with Crippen LogP contribution < -0.4 is 0 Å². The fraction of sp³-hybridized carbons (Fsp3) is 0.625. The first kappa shape index (κ1) is 14.8. The summed E-state index contributed by atoms with van der Waals surface area (Å²) in [6, 6.07) is 8.80. The van der Waals surface area contributed by atoms with Gasteiger partial charge in [0, 0.05) is 5.33 Å². The highest BCUT2D eigenvalue weighted by molar-refractivity contribution is 9.09. The molecule has 0 radical (unpaired) electrons. The lowest BCUT2D eigenvalue weighted by molar-refractivity contribution is 0.570. The van der Waals surface area contributed by atoms with Gasteiger partial charge in [0.15, 0.2) is 0 Å². The number of hydrogen-bond donors (Lipinski definition) is 0. The molecule has 0 aromatic heterocycles. The van der Waals surface area contributed by atoms with Gasteiger partial charge >= 0.3 is 0 Å². The number of unbranched alkanes of at least 4 members (excludes halogenated alkanes) is 4. The molecule has 1 heteroatoms. The van der Waals surface area contributed by atoms with E-state index in [9.17, 15) is 0 Å². The molecule has 17 heavy (non-hydrogen) atoms. The van der Waals surface area contributed by atoms with E-state index in [1.54, 1.807) is 0 Å². The molecule has 0 amide bonds. The summed E-state index contributed by atoms with van der Waals surface area (Å²) in [6.07, 6.45) is 8.20. The maximum atomic E-state index is 3.67. The summed E-state index contributed by atoms with van der Waals surface area (Å²) in [5.41, 5.74) is 2.96. The van der Waals surface area contributed by atoms with Crippen molar-refractivity contribution in [3.63, 3.8) is 0 Å². The molecule has 96 valence electrons. The van der Waals surface area contributed by atoms with Gasteiger partial charge in [0.05, 0.1) is 0 Å². The summed E-state index contributed by atoms with van der Waals surface area (Å²) in [4.78, 5) is 0. The predicted molar refractivity (Wildman–Crippen MR) is 81.1 cm³/mol. The Morgan fingerprint density at radius 2 is 1.76 bits per heavy atom. The van der Waals surface area contributed by atoms with Gasteiger partial charge in [-0.25, -0.2) is 0 Å². The number of halogens is 1. The summed E-state index contributed by atoms with van der Waals surface area (Å²) < 4.78 is 0.